The van der Waals surface area contributed by atoms with Crippen LogP contribution in [0.25, 0.3) is 0 Å². The molecule has 0 saturated heterocycles. The molecule has 0 radical (unpaired) electrons. The largest absolute Gasteiger partial charge is 0.395 e. The summed E-state index contributed by atoms with van der Waals surface area (Å²) in [5.74, 6) is 0.254. The molecule has 2 aromatic rings. The van der Waals surface area contributed by atoms with Gasteiger partial charge < -0.3 is 5.11 Å². The maximum atomic E-state index is 13.4. The first-order valence-corrected chi connectivity index (χ1v) is 10.9. The van der Waals surface area contributed by atoms with Crippen molar-refractivity contribution in [3.63, 3.8) is 0 Å². The van der Waals surface area contributed by atoms with E-state index >= 15 is 0 Å². The molecule has 148 valence electrons. The SMILES string of the molecule is Cc1ccc(CN([C@H](CO)CC(C)C)S(=O)(=O)c2ccc(Cl)cc2)cc1C. The zero-order valence-corrected chi connectivity index (χ0v) is 17.9. The number of aliphatic hydroxyl groups excluding tert-OH is 1. The highest BCUT2D eigenvalue weighted by atomic mass is 35.5. The van der Waals surface area contributed by atoms with Gasteiger partial charge in [0.1, 0.15) is 0 Å². The van der Waals surface area contributed by atoms with Gasteiger partial charge in [-0.1, -0.05) is 43.6 Å². The van der Waals surface area contributed by atoms with Gasteiger partial charge in [0.15, 0.2) is 0 Å². The Hall–Kier alpha value is -1.40. The van der Waals surface area contributed by atoms with Gasteiger partial charge in [-0.3, -0.25) is 0 Å². The summed E-state index contributed by atoms with van der Waals surface area (Å²) in [7, 11) is -3.78. The first-order valence-electron chi connectivity index (χ1n) is 9.09. The Morgan fingerprint density at radius 3 is 2.19 bits per heavy atom. The fraction of sp³-hybridized carbons (Fsp3) is 0.429. The van der Waals surface area contributed by atoms with Gasteiger partial charge in [0.2, 0.25) is 10.0 Å². The summed E-state index contributed by atoms with van der Waals surface area (Å²) < 4.78 is 28.1. The predicted molar refractivity (Wildman–Crippen MR) is 110 cm³/mol. The van der Waals surface area contributed by atoms with E-state index in [1.807, 2.05) is 45.9 Å². The molecule has 0 unspecified atom stereocenters. The second-order valence-corrected chi connectivity index (χ2v) is 9.72. The van der Waals surface area contributed by atoms with Crippen molar-refractivity contribution in [1.82, 2.24) is 4.31 Å². The first kappa shape index (κ1) is 21.9. The van der Waals surface area contributed by atoms with E-state index in [1.54, 1.807) is 12.1 Å². The zero-order valence-electron chi connectivity index (χ0n) is 16.3. The van der Waals surface area contributed by atoms with Crippen LogP contribution in [0.15, 0.2) is 47.4 Å². The van der Waals surface area contributed by atoms with Crippen LogP contribution < -0.4 is 0 Å². The van der Waals surface area contributed by atoms with Gasteiger partial charge in [-0.2, -0.15) is 4.31 Å². The number of hydrogen-bond acceptors (Lipinski definition) is 3. The molecule has 0 spiro atoms. The molecule has 0 aromatic heterocycles. The summed E-state index contributed by atoms with van der Waals surface area (Å²) in [6.07, 6.45) is 0.578. The van der Waals surface area contributed by atoms with Crippen molar-refractivity contribution < 1.29 is 13.5 Å². The molecule has 0 amide bonds. The molecular formula is C21H28ClNO3S. The quantitative estimate of drug-likeness (QED) is 0.695. The maximum absolute atomic E-state index is 13.4. The Balaban J connectivity index is 2.47. The number of rotatable bonds is 8. The van der Waals surface area contributed by atoms with Gasteiger partial charge in [-0.25, -0.2) is 8.42 Å². The first-order chi connectivity index (χ1) is 12.6. The van der Waals surface area contributed by atoms with Crippen molar-refractivity contribution in [3.8, 4) is 0 Å². The molecule has 27 heavy (non-hydrogen) atoms. The van der Waals surface area contributed by atoms with Crippen molar-refractivity contribution in [2.45, 2.75) is 51.6 Å². The highest BCUT2D eigenvalue weighted by molar-refractivity contribution is 7.89. The van der Waals surface area contributed by atoms with Crippen LogP contribution in [0.5, 0.6) is 0 Å². The van der Waals surface area contributed by atoms with E-state index < -0.39 is 16.1 Å². The third kappa shape index (κ3) is 5.55. The molecule has 0 bridgehead atoms. The number of nitrogens with zero attached hydrogens (tertiary/aromatic N) is 1. The van der Waals surface area contributed by atoms with E-state index in [2.05, 4.69) is 0 Å². The zero-order chi connectivity index (χ0) is 20.2. The minimum absolute atomic E-state index is 0.179. The minimum atomic E-state index is -3.78. The molecule has 4 nitrogen and oxygen atoms in total. The van der Waals surface area contributed by atoms with Crippen molar-refractivity contribution in [2.24, 2.45) is 5.92 Å². The van der Waals surface area contributed by atoms with E-state index in [0.29, 0.717) is 11.4 Å². The van der Waals surface area contributed by atoms with Gasteiger partial charge in [-0.15, -0.1) is 0 Å². The Morgan fingerprint density at radius 1 is 1.04 bits per heavy atom. The second-order valence-electron chi connectivity index (χ2n) is 7.39. The van der Waals surface area contributed by atoms with E-state index in [1.165, 1.54) is 16.4 Å². The Labute approximate surface area is 167 Å². The van der Waals surface area contributed by atoms with Gasteiger partial charge in [0.25, 0.3) is 0 Å². The summed E-state index contributed by atoms with van der Waals surface area (Å²) >= 11 is 5.91. The van der Waals surface area contributed by atoms with E-state index in [0.717, 1.165) is 16.7 Å². The lowest BCUT2D eigenvalue weighted by Gasteiger charge is -2.31. The monoisotopic (exact) mass is 409 g/mol. The van der Waals surface area contributed by atoms with E-state index in [4.69, 9.17) is 11.6 Å². The van der Waals surface area contributed by atoms with Gasteiger partial charge >= 0.3 is 0 Å². The summed E-state index contributed by atoms with van der Waals surface area (Å²) in [5.41, 5.74) is 3.17. The third-order valence-electron chi connectivity index (χ3n) is 4.69. The number of aliphatic hydroxyl groups is 1. The van der Waals surface area contributed by atoms with Crippen LogP contribution in [-0.4, -0.2) is 30.5 Å². The molecule has 0 aliphatic rings. The van der Waals surface area contributed by atoms with Crippen LogP contribution in [0, 0.1) is 19.8 Å². The Bertz CT molecular complexity index is 863. The highest BCUT2D eigenvalue weighted by Gasteiger charge is 2.31. The van der Waals surface area contributed by atoms with E-state index in [9.17, 15) is 13.5 Å². The molecule has 0 heterocycles. The lowest BCUT2D eigenvalue weighted by Crippen LogP contribution is -2.42. The molecule has 0 saturated carbocycles. The van der Waals surface area contributed by atoms with Gasteiger partial charge in [0.05, 0.1) is 11.5 Å². The van der Waals surface area contributed by atoms with Crippen molar-refractivity contribution in [3.05, 3.63) is 64.2 Å². The molecule has 2 aromatic carbocycles. The van der Waals surface area contributed by atoms with Crippen LogP contribution in [0.4, 0.5) is 0 Å². The number of aryl methyl sites for hydroxylation is 2. The molecule has 2 rings (SSSR count). The van der Waals surface area contributed by atoms with Crippen LogP contribution in [0.2, 0.25) is 5.02 Å². The van der Waals surface area contributed by atoms with E-state index in [-0.39, 0.29) is 24.0 Å². The maximum Gasteiger partial charge on any atom is 0.243 e. The Kier molecular flexibility index (Phi) is 7.46. The standard InChI is InChI=1S/C21H28ClNO3S/c1-15(2)11-20(14-24)23(13-18-6-5-16(3)17(4)12-18)27(25,26)21-9-7-19(22)8-10-21/h5-10,12,15,20,24H,11,13-14H2,1-4H3/t20-/m0/s1. The topological polar surface area (TPSA) is 57.6 Å². The summed E-state index contributed by atoms with van der Waals surface area (Å²) in [6, 6.07) is 11.6. The Morgan fingerprint density at radius 2 is 1.67 bits per heavy atom. The normalized spacial score (nSPS) is 13.3. The van der Waals surface area contributed by atoms with Crippen LogP contribution in [0.1, 0.15) is 37.0 Å². The second kappa shape index (κ2) is 9.20. The highest BCUT2D eigenvalue weighted by Crippen LogP contribution is 2.26. The summed E-state index contributed by atoms with van der Waals surface area (Å²) in [6.45, 7) is 8.06. The number of halogens is 1. The number of benzene rings is 2. The summed E-state index contributed by atoms with van der Waals surface area (Å²) in [4.78, 5) is 0.179. The van der Waals surface area contributed by atoms with Crippen molar-refractivity contribution >= 4 is 21.6 Å². The molecule has 0 fully saturated rings. The predicted octanol–water partition coefficient (Wildman–Crippen LogP) is 4.55. The minimum Gasteiger partial charge on any atom is -0.395 e. The average molecular weight is 410 g/mol. The summed E-state index contributed by atoms with van der Waals surface area (Å²) in [5, 5.41) is 10.4. The van der Waals surface area contributed by atoms with Crippen LogP contribution >= 0.6 is 11.6 Å². The van der Waals surface area contributed by atoms with Crippen molar-refractivity contribution in [2.75, 3.05) is 6.61 Å². The molecule has 1 N–H and O–H groups in total. The van der Waals surface area contributed by atoms with Crippen molar-refractivity contribution in [1.29, 1.82) is 0 Å². The van der Waals surface area contributed by atoms with Gasteiger partial charge in [-0.05, 0) is 67.1 Å². The van der Waals surface area contributed by atoms with Crippen LogP contribution in [0.3, 0.4) is 0 Å². The molecule has 6 heteroatoms. The number of sulfonamides is 1. The third-order valence-corrected chi connectivity index (χ3v) is 6.86. The number of hydrogen-bond donors (Lipinski definition) is 1. The molecular weight excluding hydrogens is 382 g/mol. The smallest absolute Gasteiger partial charge is 0.243 e. The average Bonchev–Trinajstić information content (AvgIpc) is 2.61. The molecule has 1 atom stereocenters. The molecule has 0 aliphatic heterocycles. The van der Waals surface area contributed by atoms with Crippen LogP contribution in [-0.2, 0) is 16.6 Å². The van der Waals surface area contributed by atoms with Gasteiger partial charge in [0, 0.05) is 17.6 Å². The lowest BCUT2D eigenvalue weighted by molar-refractivity contribution is 0.164. The fourth-order valence-electron chi connectivity index (χ4n) is 3.06. The lowest BCUT2D eigenvalue weighted by atomic mass is 10.0. The molecule has 0 aliphatic carbocycles. The fourth-order valence-corrected chi connectivity index (χ4v) is 4.80.